The molecule has 1 heterocycles. The second-order valence-corrected chi connectivity index (χ2v) is 4.22. The highest BCUT2D eigenvalue weighted by atomic mass is 16.6. The van der Waals surface area contributed by atoms with Gasteiger partial charge in [-0.05, 0) is 19.3 Å². The van der Waals surface area contributed by atoms with Gasteiger partial charge in [-0.3, -0.25) is 0 Å². The van der Waals surface area contributed by atoms with Crippen molar-refractivity contribution >= 4 is 0 Å². The topological polar surface area (TPSA) is 22.4 Å². The molecule has 0 saturated carbocycles. The van der Waals surface area contributed by atoms with Crippen LogP contribution in [0.2, 0.25) is 0 Å². The molecule has 0 aromatic carbocycles. The fourth-order valence-electron chi connectivity index (χ4n) is 1.41. The summed E-state index contributed by atoms with van der Waals surface area (Å²) in [4.78, 5) is 0. The van der Waals surface area contributed by atoms with Gasteiger partial charge in [0, 0.05) is 11.6 Å². The summed E-state index contributed by atoms with van der Waals surface area (Å²) >= 11 is 0. The molecule has 0 radical (unpaired) electrons. The number of ether oxygens (including phenoxy) is 1. The fraction of sp³-hybridized carbons (Fsp3) is 0.636. The van der Waals surface area contributed by atoms with Gasteiger partial charge >= 0.3 is 0 Å². The van der Waals surface area contributed by atoms with E-state index in [0.29, 0.717) is 12.6 Å². The smallest absolute Gasteiger partial charge is 0.284 e. The van der Waals surface area contributed by atoms with Gasteiger partial charge in [-0.2, -0.15) is 0 Å². The van der Waals surface area contributed by atoms with E-state index in [2.05, 4.69) is 20.8 Å². The Bertz CT molecular complexity index is 279. The Kier molecular flexibility index (Phi) is 2.69. The van der Waals surface area contributed by atoms with Crippen molar-refractivity contribution in [3.05, 3.63) is 17.4 Å². The molecule has 0 aliphatic rings. The average molecular weight is 182 g/mol. The molecule has 0 fully saturated rings. The first kappa shape index (κ1) is 10.2. The molecule has 0 bridgehead atoms. The zero-order valence-electron chi connectivity index (χ0n) is 9.10. The van der Waals surface area contributed by atoms with Crippen molar-refractivity contribution in [1.82, 2.24) is 0 Å². The maximum atomic E-state index is 5.46. The third-order valence-corrected chi connectivity index (χ3v) is 1.99. The summed E-state index contributed by atoms with van der Waals surface area (Å²) in [6.45, 7) is 11.1. The summed E-state index contributed by atoms with van der Waals surface area (Å²) in [7, 11) is 0. The van der Waals surface area contributed by atoms with Crippen LogP contribution < -0.4 is 4.74 Å². The van der Waals surface area contributed by atoms with Crippen LogP contribution in [0.1, 0.15) is 39.0 Å². The minimum absolute atomic E-state index is 0.128. The highest BCUT2D eigenvalue weighted by Crippen LogP contribution is 2.31. The molecule has 2 heteroatoms. The van der Waals surface area contributed by atoms with E-state index in [1.165, 1.54) is 5.56 Å². The van der Waals surface area contributed by atoms with Crippen molar-refractivity contribution in [2.24, 2.45) is 0 Å². The lowest BCUT2D eigenvalue weighted by molar-refractivity contribution is 0.253. The van der Waals surface area contributed by atoms with E-state index >= 15 is 0 Å². The third kappa shape index (κ3) is 2.27. The molecule has 1 aromatic rings. The first-order valence-corrected chi connectivity index (χ1v) is 4.69. The molecule has 0 spiro atoms. The predicted octanol–water partition coefficient (Wildman–Crippen LogP) is 3.28. The molecular formula is C11H18O2. The van der Waals surface area contributed by atoms with E-state index in [1.54, 1.807) is 0 Å². The number of furan rings is 1. The maximum Gasteiger partial charge on any atom is 0.284 e. The summed E-state index contributed by atoms with van der Waals surface area (Å²) in [5, 5.41) is 0. The summed E-state index contributed by atoms with van der Waals surface area (Å²) in [6.07, 6.45) is 0. The van der Waals surface area contributed by atoms with Crippen molar-refractivity contribution in [1.29, 1.82) is 0 Å². The van der Waals surface area contributed by atoms with Crippen molar-refractivity contribution in [2.45, 2.75) is 40.0 Å². The van der Waals surface area contributed by atoms with Crippen molar-refractivity contribution in [2.75, 3.05) is 6.61 Å². The SMILES string of the molecule is CCOc1cc(C(C)(C)C)c(C)o1. The van der Waals surface area contributed by atoms with Crippen LogP contribution in [0.15, 0.2) is 10.5 Å². The molecule has 0 aliphatic heterocycles. The first-order chi connectivity index (χ1) is 5.95. The highest BCUT2D eigenvalue weighted by Gasteiger charge is 2.20. The van der Waals surface area contributed by atoms with Crippen molar-refractivity contribution in [3.8, 4) is 5.95 Å². The molecule has 0 amide bonds. The van der Waals surface area contributed by atoms with Gasteiger partial charge in [-0.1, -0.05) is 20.8 Å². The van der Waals surface area contributed by atoms with Crippen LogP contribution in [0.5, 0.6) is 5.95 Å². The van der Waals surface area contributed by atoms with E-state index in [0.717, 1.165) is 5.76 Å². The van der Waals surface area contributed by atoms with E-state index in [4.69, 9.17) is 9.15 Å². The summed E-state index contributed by atoms with van der Waals surface area (Å²) < 4.78 is 10.8. The Morgan fingerprint density at radius 2 is 2.00 bits per heavy atom. The van der Waals surface area contributed by atoms with E-state index in [9.17, 15) is 0 Å². The third-order valence-electron chi connectivity index (χ3n) is 1.99. The monoisotopic (exact) mass is 182 g/mol. The van der Waals surface area contributed by atoms with Crippen LogP contribution in [0, 0.1) is 6.92 Å². The van der Waals surface area contributed by atoms with Crippen LogP contribution in [0.25, 0.3) is 0 Å². The lowest BCUT2D eigenvalue weighted by Gasteiger charge is -2.16. The van der Waals surface area contributed by atoms with Gasteiger partial charge in [0.1, 0.15) is 5.76 Å². The lowest BCUT2D eigenvalue weighted by atomic mass is 9.87. The second-order valence-electron chi connectivity index (χ2n) is 4.22. The molecule has 0 unspecified atom stereocenters. The van der Waals surface area contributed by atoms with Gasteiger partial charge in [0.2, 0.25) is 0 Å². The molecule has 0 N–H and O–H groups in total. The van der Waals surface area contributed by atoms with Crippen molar-refractivity contribution in [3.63, 3.8) is 0 Å². The van der Waals surface area contributed by atoms with Gasteiger partial charge in [0.05, 0.1) is 6.61 Å². The molecule has 0 aliphatic carbocycles. The number of hydrogen-bond acceptors (Lipinski definition) is 2. The quantitative estimate of drug-likeness (QED) is 0.700. The summed E-state index contributed by atoms with van der Waals surface area (Å²) in [6, 6.07) is 1.98. The first-order valence-electron chi connectivity index (χ1n) is 4.69. The van der Waals surface area contributed by atoms with Gasteiger partial charge in [0.15, 0.2) is 0 Å². The molecule has 1 aromatic heterocycles. The van der Waals surface area contributed by atoms with Gasteiger partial charge < -0.3 is 9.15 Å². The highest BCUT2D eigenvalue weighted by molar-refractivity contribution is 5.30. The van der Waals surface area contributed by atoms with Gasteiger partial charge in [-0.15, -0.1) is 0 Å². The minimum atomic E-state index is 0.128. The largest absolute Gasteiger partial charge is 0.465 e. The second kappa shape index (κ2) is 3.44. The molecule has 13 heavy (non-hydrogen) atoms. The Balaban J connectivity index is 2.96. The Hall–Kier alpha value is -0.920. The number of aryl methyl sites for hydroxylation is 1. The number of rotatable bonds is 2. The molecule has 74 valence electrons. The Morgan fingerprint density at radius 1 is 1.38 bits per heavy atom. The zero-order valence-corrected chi connectivity index (χ0v) is 9.10. The van der Waals surface area contributed by atoms with Crippen LogP contribution in [0.3, 0.4) is 0 Å². The van der Waals surface area contributed by atoms with Crippen LogP contribution in [0.4, 0.5) is 0 Å². The summed E-state index contributed by atoms with van der Waals surface area (Å²) in [5.74, 6) is 1.58. The lowest BCUT2D eigenvalue weighted by Crippen LogP contribution is -2.10. The van der Waals surface area contributed by atoms with E-state index in [1.807, 2.05) is 19.9 Å². The van der Waals surface area contributed by atoms with Gasteiger partial charge in [-0.25, -0.2) is 0 Å². The molecule has 1 rings (SSSR count). The Labute approximate surface area is 79.9 Å². The molecule has 0 saturated heterocycles. The molecular weight excluding hydrogens is 164 g/mol. The normalized spacial score (nSPS) is 11.8. The minimum Gasteiger partial charge on any atom is -0.465 e. The molecule has 0 atom stereocenters. The van der Waals surface area contributed by atoms with Crippen molar-refractivity contribution < 1.29 is 9.15 Å². The van der Waals surface area contributed by atoms with E-state index in [-0.39, 0.29) is 5.41 Å². The average Bonchev–Trinajstić information content (AvgIpc) is 2.30. The maximum absolute atomic E-state index is 5.46. The Morgan fingerprint density at radius 3 is 2.38 bits per heavy atom. The summed E-state index contributed by atoms with van der Waals surface area (Å²) in [5.41, 5.74) is 1.35. The van der Waals surface area contributed by atoms with Gasteiger partial charge in [0.25, 0.3) is 5.95 Å². The number of hydrogen-bond donors (Lipinski definition) is 0. The predicted molar refractivity (Wildman–Crippen MR) is 53.3 cm³/mol. The standard InChI is InChI=1S/C11H18O2/c1-6-12-10-7-9(8(2)13-10)11(3,4)5/h7H,6H2,1-5H3. The van der Waals surface area contributed by atoms with Crippen LogP contribution >= 0.6 is 0 Å². The fourth-order valence-corrected chi connectivity index (χ4v) is 1.41. The zero-order chi connectivity index (χ0) is 10.1. The van der Waals surface area contributed by atoms with Crippen LogP contribution in [-0.2, 0) is 5.41 Å². The van der Waals surface area contributed by atoms with E-state index < -0.39 is 0 Å². The molecule has 2 nitrogen and oxygen atoms in total. The van der Waals surface area contributed by atoms with Crippen LogP contribution in [-0.4, -0.2) is 6.61 Å².